The van der Waals surface area contributed by atoms with Crippen LogP contribution in [0.1, 0.15) is 12.2 Å². The van der Waals surface area contributed by atoms with Gasteiger partial charge in [-0.05, 0) is 25.1 Å². The molecule has 1 aromatic carbocycles. The van der Waals surface area contributed by atoms with Crippen molar-refractivity contribution in [2.75, 3.05) is 19.8 Å². The zero-order valence-electron chi connectivity index (χ0n) is 11.6. The Bertz CT molecular complexity index is 607. The molecule has 0 saturated heterocycles. The first kappa shape index (κ1) is 13.0. The van der Waals surface area contributed by atoms with Gasteiger partial charge in [0.1, 0.15) is 5.82 Å². The number of ether oxygens (including phenoxy) is 2. The molecular weight excluding hydrogens is 254 g/mol. The molecule has 0 atom stereocenters. The fraction of sp³-hybridized carbons (Fsp3) is 0.400. The van der Waals surface area contributed by atoms with Crippen molar-refractivity contribution >= 4 is 0 Å². The van der Waals surface area contributed by atoms with Gasteiger partial charge in [-0.3, -0.25) is 0 Å². The Balaban J connectivity index is 1.94. The van der Waals surface area contributed by atoms with Gasteiger partial charge >= 0.3 is 0 Å². The highest BCUT2D eigenvalue weighted by atomic mass is 16.5. The fourth-order valence-corrected chi connectivity index (χ4v) is 2.34. The van der Waals surface area contributed by atoms with Crippen LogP contribution < -0.4 is 15.2 Å². The number of hydrogen-bond acceptors (Lipinski definition) is 4. The Hall–Kier alpha value is -2.01. The molecule has 3 rings (SSSR count). The van der Waals surface area contributed by atoms with Gasteiger partial charge in [0, 0.05) is 31.3 Å². The predicted molar refractivity (Wildman–Crippen MR) is 77.1 cm³/mol. The van der Waals surface area contributed by atoms with Crippen LogP contribution in [-0.4, -0.2) is 29.3 Å². The first-order valence-electron chi connectivity index (χ1n) is 6.92. The smallest absolute Gasteiger partial charge is 0.161 e. The molecule has 0 bridgehead atoms. The summed E-state index contributed by atoms with van der Waals surface area (Å²) in [4.78, 5) is 4.58. The van der Waals surface area contributed by atoms with Crippen LogP contribution in [0.3, 0.4) is 0 Å². The second kappa shape index (κ2) is 5.54. The molecule has 0 saturated carbocycles. The lowest BCUT2D eigenvalue weighted by Crippen LogP contribution is -2.10. The van der Waals surface area contributed by atoms with Crippen LogP contribution in [0.15, 0.2) is 24.4 Å². The second-order valence-corrected chi connectivity index (χ2v) is 4.87. The van der Waals surface area contributed by atoms with Gasteiger partial charge in [0.25, 0.3) is 0 Å². The van der Waals surface area contributed by atoms with Gasteiger partial charge in [-0.2, -0.15) is 0 Å². The maximum absolute atomic E-state index is 5.72. The summed E-state index contributed by atoms with van der Waals surface area (Å²) in [5.41, 5.74) is 7.57. The van der Waals surface area contributed by atoms with E-state index in [1.165, 1.54) is 0 Å². The number of imidazole rings is 1. The highest BCUT2D eigenvalue weighted by molar-refractivity contribution is 5.63. The quantitative estimate of drug-likeness (QED) is 0.929. The van der Waals surface area contributed by atoms with E-state index in [0.29, 0.717) is 19.8 Å². The van der Waals surface area contributed by atoms with Crippen molar-refractivity contribution < 1.29 is 9.47 Å². The lowest BCUT2D eigenvalue weighted by atomic mass is 10.1. The number of fused-ring (bicyclic) bond motifs is 1. The van der Waals surface area contributed by atoms with E-state index in [9.17, 15) is 0 Å². The first-order chi connectivity index (χ1) is 9.78. The number of hydrogen-bond donors (Lipinski definition) is 1. The Morgan fingerprint density at radius 3 is 2.85 bits per heavy atom. The van der Waals surface area contributed by atoms with Crippen LogP contribution >= 0.6 is 0 Å². The molecule has 0 amide bonds. The molecule has 1 aromatic heterocycles. The molecule has 2 N–H and O–H groups in total. The molecular formula is C15H19N3O2. The maximum atomic E-state index is 5.72. The average molecular weight is 273 g/mol. The summed E-state index contributed by atoms with van der Waals surface area (Å²) in [7, 11) is 0. The van der Waals surface area contributed by atoms with Crippen molar-refractivity contribution in [3.05, 3.63) is 30.2 Å². The Labute approximate surface area is 118 Å². The largest absolute Gasteiger partial charge is 0.490 e. The van der Waals surface area contributed by atoms with Gasteiger partial charge in [0.05, 0.1) is 18.9 Å². The van der Waals surface area contributed by atoms with Gasteiger partial charge in [0.15, 0.2) is 11.5 Å². The topological polar surface area (TPSA) is 62.3 Å². The van der Waals surface area contributed by atoms with Crippen LogP contribution in [0, 0.1) is 6.92 Å². The minimum absolute atomic E-state index is 0.609. The van der Waals surface area contributed by atoms with Crippen molar-refractivity contribution in [2.45, 2.75) is 19.9 Å². The van der Waals surface area contributed by atoms with Gasteiger partial charge < -0.3 is 19.8 Å². The molecule has 0 aliphatic carbocycles. The SMILES string of the molecule is Cc1nc(-c2ccc3c(c2)OCCCO3)cn1CCN. The number of rotatable bonds is 3. The molecule has 106 valence electrons. The Morgan fingerprint density at radius 1 is 1.25 bits per heavy atom. The van der Waals surface area contributed by atoms with Gasteiger partial charge in [-0.25, -0.2) is 4.98 Å². The number of nitrogens with zero attached hydrogens (tertiary/aromatic N) is 2. The number of aromatic nitrogens is 2. The van der Waals surface area contributed by atoms with Crippen LogP contribution in [0.5, 0.6) is 11.5 Å². The van der Waals surface area contributed by atoms with Crippen LogP contribution in [0.4, 0.5) is 0 Å². The highest BCUT2D eigenvalue weighted by Gasteiger charge is 2.13. The molecule has 0 spiro atoms. The molecule has 1 aliphatic rings. The monoisotopic (exact) mass is 273 g/mol. The summed E-state index contributed by atoms with van der Waals surface area (Å²) in [5.74, 6) is 2.58. The summed E-state index contributed by atoms with van der Waals surface area (Å²) < 4.78 is 13.4. The summed E-state index contributed by atoms with van der Waals surface area (Å²) in [6.45, 7) is 4.77. The molecule has 2 aromatic rings. The van der Waals surface area contributed by atoms with E-state index in [1.54, 1.807) is 0 Å². The zero-order chi connectivity index (χ0) is 13.9. The summed E-state index contributed by atoms with van der Waals surface area (Å²) in [6, 6.07) is 5.96. The summed E-state index contributed by atoms with van der Waals surface area (Å²) in [6.07, 6.45) is 2.94. The van der Waals surface area contributed by atoms with E-state index in [1.807, 2.05) is 31.3 Å². The minimum atomic E-state index is 0.609. The standard InChI is InChI=1S/C15H19N3O2/c1-11-17-13(10-18(11)6-5-16)12-3-4-14-15(9-12)20-8-2-7-19-14/h3-4,9-10H,2,5-8,16H2,1H3. The Morgan fingerprint density at radius 2 is 2.05 bits per heavy atom. The van der Waals surface area contributed by atoms with Crippen LogP contribution in [0.2, 0.25) is 0 Å². The zero-order valence-corrected chi connectivity index (χ0v) is 11.6. The van der Waals surface area contributed by atoms with E-state index in [0.717, 1.165) is 41.5 Å². The number of aryl methyl sites for hydroxylation is 1. The highest BCUT2D eigenvalue weighted by Crippen LogP contribution is 2.33. The van der Waals surface area contributed by atoms with Crippen LogP contribution in [0.25, 0.3) is 11.3 Å². The normalized spacial score (nSPS) is 14.1. The summed E-state index contributed by atoms with van der Waals surface area (Å²) >= 11 is 0. The second-order valence-electron chi connectivity index (χ2n) is 4.87. The molecule has 0 unspecified atom stereocenters. The van der Waals surface area contributed by atoms with E-state index in [2.05, 4.69) is 9.55 Å². The van der Waals surface area contributed by atoms with E-state index in [4.69, 9.17) is 15.2 Å². The number of benzene rings is 1. The lowest BCUT2D eigenvalue weighted by Gasteiger charge is -2.08. The third-order valence-electron chi connectivity index (χ3n) is 3.39. The molecule has 2 heterocycles. The van der Waals surface area contributed by atoms with Crippen molar-refractivity contribution in [3.63, 3.8) is 0 Å². The van der Waals surface area contributed by atoms with E-state index < -0.39 is 0 Å². The molecule has 20 heavy (non-hydrogen) atoms. The van der Waals surface area contributed by atoms with Crippen molar-refractivity contribution in [2.24, 2.45) is 5.73 Å². The fourth-order valence-electron chi connectivity index (χ4n) is 2.34. The van der Waals surface area contributed by atoms with Crippen LogP contribution in [-0.2, 0) is 6.54 Å². The Kier molecular flexibility index (Phi) is 3.60. The molecule has 0 fully saturated rings. The third-order valence-corrected chi connectivity index (χ3v) is 3.39. The predicted octanol–water partition coefficient (Wildman–Crippen LogP) is 1.98. The van der Waals surface area contributed by atoms with E-state index in [-0.39, 0.29) is 0 Å². The minimum Gasteiger partial charge on any atom is -0.490 e. The maximum Gasteiger partial charge on any atom is 0.161 e. The molecule has 5 heteroatoms. The van der Waals surface area contributed by atoms with Crippen molar-refractivity contribution in [1.29, 1.82) is 0 Å². The van der Waals surface area contributed by atoms with Gasteiger partial charge in [-0.15, -0.1) is 0 Å². The van der Waals surface area contributed by atoms with Crippen molar-refractivity contribution in [3.8, 4) is 22.8 Å². The molecule has 0 radical (unpaired) electrons. The summed E-state index contributed by atoms with van der Waals surface area (Å²) in [5, 5.41) is 0. The van der Waals surface area contributed by atoms with E-state index >= 15 is 0 Å². The van der Waals surface area contributed by atoms with Crippen molar-refractivity contribution in [1.82, 2.24) is 9.55 Å². The third kappa shape index (κ3) is 2.49. The van der Waals surface area contributed by atoms with Gasteiger partial charge in [-0.1, -0.05) is 0 Å². The first-order valence-corrected chi connectivity index (χ1v) is 6.92. The van der Waals surface area contributed by atoms with Gasteiger partial charge in [0.2, 0.25) is 0 Å². The average Bonchev–Trinajstić information content (AvgIpc) is 2.69. The number of nitrogens with two attached hydrogens (primary N) is 1. The lowest BCUT2D eigenvalue weighted by molar-refractivity contribution is 0.297. The molecule has 5 nitrogen and oxygen atoms in total. The molecule has 1 aliphatic heterocycles.